The maximum absolute atomic E-state index is 12.9. The second-order valence-electron chi connectivity index (χ2n) is 7.05. The SMILES string of the molecule is COc1ccc(C(=O)N2CCC(c3nnc4n3CCNC4)CC2)c(C)c1. The number of hydrogen-bond acceptors (Lipinski definition) is 5. The summed E-state index contributed by atoms with van der Waals surface area (Å²) in [5, 5.41) is 12.1. The zero-order valence-corrected chi connectivity index (χ0v) is 15.4. The number of fused-ring (bicyclic) bond motifs is 1. The molecule has 1 aromatic carbocycles. The number of piperidine rings is 1. The van der Waals surface area contributed by atoms with Crippen molar-refractivity contribution in [3.05, 3.63) is 41.0 Å². The molecule has 0 bridgehead atoms. The predicted octanol–water partition coefficient (Wildman–Crippen LogP) is 1.72. The first kappa shape index (κ1) is 17.0. The van der Waals surface area contributed by atoms with Crippen molar-refractivity contribution >= 4 is 5.91 Å². The van der Waals surface area contributed by atoms with Gasteiger partial charge in [0.25, 0.3) is 5.91 Å². The van der Waals surface area contributed by atoms with Gasteiger partial charge in [0.05, 0.1) is 13.7 Å². The summed E-state index contributed by atoms with van der Waals surface area (Å²) in [6.07, 6.45) is 1.87. The Morgan fingerprint density at radius 1 is 1.23 bits per heavy atom. The quantitative estimate of drug-likeness (QED) is 0.908. The number of methoxy groups -OCH3 is 1. The summed E-state index contributed by atoms with van der Waals surface area (Å²) in [7, 11) is 1.64. The van der Waals surface area contributed by atoms with Crippen molar-refractivity contribution in [2.75, 3.05) is 26.7 Å². The maximum atomic E-state index is 12.9. The molecule has 0 radical (unpaired) electrons. The Balaban J connectivity index is 1.43. The highest BCUT2D eigenvalue weighted by molar-refractivity contribution is 5.95. The van der Waals surface area contributed by atoms with Crippen molar-refractivity contribution < 1.29 is 9.53 Å². The Labute approximate surface area is 153 Å². The molecule has 1 amide bonds. The summed E-state index contributed by atoms with van der Waals surface area (Å²) in [5.41, 5.74) is 1.71. The zero-order valence-electron chi connectivity index (χ0n) is 15.4. The van der Waals surface area contributed by atoms with Gasteiger partial charge in [-0.25, -0.2) is 0 Å². The monoisotopic (exact) mass is 355 g/mol. The number of nitrogens with one attached hydrogen (secondary N) is 1. The number of amides is 1. The number of hydrogen-bond donors (Lipinski definition) is 1. The van der Waals surface area contributed by atoms with E-state index < -0.39 is 0 Å². The topological polar surface area (TPSA) is 72.3 Å². The molecule has 2 aliphatic rings. The molecule has 7 heteroatoms. The van der Waals surface area contributed by atoms with Gasteiger partial charge in [-0.2, -0.15) is 0 Å². The zero-order chi connectivity index (χ0) is 18.1. The third kappa shape index (κ3) is 3.07. The Bertz CT molecular complexity index is 808. The normalized spacial score (nSPS) is 17.8. The Kier molecular flexibility index (Phi) is 4.63. The molecule has 1 fully saturated rings. The van der Waals surface area contributed by atoms with E-state index in [0.29, 0.717) is 5.92 Å². The number of aryl methyl sites for hydroxylation is 1. The van der Waals surface area contributed by atoms with E-state index in [-0.39, 0.29) is 5.91 Å². The minimum Gasteiger partial charge on any atom is -0.497 e. The molecule has 4 rings (SSSR count). The molecule has 1 N–H and O–H groups in total. The van der Waals surface area contributed by atoms with E-state index in [2.05, 4.69) is 20.1 Å². The van der Waals surface area contributed by atoms with E-state index in [1.54, 1.807) is 7.11 Å². The molecule has 2 aromatic rings. The van der Waals surface area contributed by atoms with E-state index >= 15 is 0 Å². The van der Waals surface area contributed by atoms with Crippen LogP contribution in [-0.2, 0) is 13.1 Å². The number of carbonyl (C=O) groups excluding carboxylic acids is 1. The van der Waals surface area contributed by atoms with Gasteiger partial charge in [0, 0.05) is 37.7 Å². The van der Waals surface area contributed by atoms with Crippen molar-refractivity contribution in [2.24, 2.45) is 0 Å². The van der Waals surface area contributed by atoms with Crippen LogP contribution < -0.4 is 10.1 Å². The second-order valence-corrected chi connectivity index (χ2v) is 7.05. The van der Waals surface area contributed by atoms with Crippen LogP contribution in [0.3, 0.4) is 0 Å². The van der Waals surface area contributed by atoms with Crippen LogP contribution in [0.15, 0.2) is 18.2 Å². The molecule has 0 atom stereocenters. The molecule has 138 valence electrons. The van der Waals surface area contributed by atoms with Crippen LogP contribution in [0.25, 0.3) is 0 Å². The molecule has 2 aliphatic heterocycles. The summed E-state index contributed by atoms with van der Waals surface area (Å²) in [4.78, 5) is 14.8. The standard InChI is InChI=1S/C19H25N5O2/c1-13-11-15(26-2)3-4-16(13)19(25)23-8-5-14(6-9-23)18-22-21-17-12-20-7-10-24(17)18/h3-4,11,14,20H,5-10,12H2,1-2H3. The van der Waals surface area contributed by atoms with Crippen molar-refractivity contribution in [1.29, 1.82) is 0 Å². The number of aromatic nitrogens is 3. The minimum atomic E-state index is 0.107. The third-order valence-corrected chi connectivity index (χ3v) is 5.46. The van der Waals surface area contributed by atoms with E-state index in [0.717, 1.165) is 74.1 Å². The van der Waals surface area contributed by atoms with Crippen molar-refractivity contribution in [1.82, 2.24) is 25.0 Å². The first-order valence-corrected chi connectivity index (χ1v) is 9.24. The average molecular weight is 355 g/mol. The maximum Gasteiger partial charge on any atom is 0.254 e. The molecule has 0 unspecified atom stereocenters. The lowest BCUT2D eigenvalue weighted by Gasteiger charge is -2.32. The van der Waals surface area contributed by atoms with Gasteiger partial charge in [-0.15, -0.1) is 10.2 Å². The number of likely N-dealkylation sites (tertiary alicyclic amines) is 1. The smallest absolute Gasteiger partial charge is 0.254 e. The molecule has 26 heavy (non-hydrogen) atoms. The van der Waals surface area contributed by atoms with Crippen molar-refractivity contribution in [3.63, 3.8) is 0 Å². The van der Waals surface area contributed by atoms with Crippen LogP contribution >= 0.6 is 0 Å². The molecule has 0 aliphatic carbocycles. The highest BCUT2D eigenvalue weighted by Gasteiger charge is 2.29. The number of nitrogens with zero attached hydrogens (tertiary/aromatic N) is 4. The van der Waals surface area contributed by atoms with E-state index in [1.165, 1.54) is 0 Å². The summed E-state index contributed by atoms with van der Waals surface area (Å²) < 4.78 is 7.49. The van der Waals surface area contributed by atoms with Crippen LogP contribution in [0, 0.1) is 6.92 Å². The largest absolute Gasteiger partial charge is 0.497 e. The summed E-state index contributed by atoms with van der Waals surface area (Å²) in [6, 6.07) is 5.63. The highest BCUT2D eigenvalue weighted by Crippen LogP contribution is 2.29. The van der Waals surface area contributed by atoms with Gasteiger partial charge in [-0.1, -0.05) is 0 Å². The van der Waals surface area contributed by atoms with Gasteiger partial charge in [-0.3, -0.25) is 4.79 Å². The van der Waals surface area contributed by atoms with Gasteiger partial charge in [0.2, 0.25) is 0 Å². The lowest BCUT2D eigenvalue weighted by atomic mass is 9.95. The van der Waals surface area contributed by atoms with Gasteiger partial charge in [-0.05, 0) is 43.5 Å². The Morgan fingerprint density at radius 2 is 2.04 bits per heavy atom. The number of rotatable bonds is 3. The van der Waals surface area contributed by atoms with Crippen LogP contribution in [0.4, 0.5) is 0 Å². The number of carbonyl (C=O) groups is 1. The summed E-state index contributed by atoms with van der Waals surface area (Å²) >= 11 is 0. The highest BCUT2D eigenvalue weighted by atomic mass is 16.5. The lowest BCUT2D eigenvalue weighted by Crippen LogP contribution is -2.39. The predicted molar refractivity (Wildman–Crippen MR) is 97.3 cm³/mol. The van der Waals surface area contributed by atoms with Crippen LogP contribution in [0.2, 0.25) is 0 Å². The molecule has 3 heterocycles. The number of benzene rings is 1. The summed E-state index contributed by atoms with van der Waals surface area (Å²) in [5.74, 6) is 3.39. The Morgan fingerprint density at radius 3 is 2.77 bits per heavy atom. The fourth-order valence-corrected chi connectivity index (χ4v) is 3.93. The molecule has 1 aromatic heterocycles. The van der Waals surface area contributed by atoms with E-state index in [4.69, 9.17) is 4.74 Å². The van der Waals surface area contributed by atoms with Crippen molar-refractivity contribution in [2.45, 2.75) is 38.8 Å². The first-order valence-electron chi connectivity index (χ1n) is 9.24. The average Bonchev–Trinajstić information content (AvgIpc) is 3.11. The van der Waals surface area contributed by atoms with E-state index in [1.807, 2.05) is 30.0 Å². The van der Waals surface area contributed by atoms with Crippen LogP contribution in [0.1, 0.15) is 46.3 Å². The third-order valence-electron chi connectivity index (χ3n) is 5.46. The van der Waals surface area contributed by atoms with E-state index in [9.17, 15) is 4.79 Å². The lowest BCUT2D eigenvalue weighted by molar-refractivity contribution is 0.0709. The Hall–Kier alpha value is -2.41. The molecule has 1 saturated heterocycles. The molecule has 7 nitrogen and oxygen atoms in total. The first-order chi connectivity index (χ1) is 12.7. The van der Waals surface area contributed by atoms with Crippen molar-refractivity contribution in [3.8, 4) is 5.75 Å². The fourth-order valence-electron chi connectivity index (χ4n) is 3.93. The fraction of sp³-hybridized carbons (Fsp3) is 0.526. The van der Waals surface area contributed by atoms with Gasteiger partial charge in [0.15, 0.2) is 0 Å². The molecule has 0 saturated carbocycles. The van der Waals surface area contributed by atoms with Crippen LogP contribution in [-0.4, -0.2) is 52.3 Å². The van der Waals surface area contributed by atoms with Gasteiger partial charge in [0.1, 0.15) is 17.4 Å². The molecule has 0 spiro atoms. The van der Waals surface area contributed by atoms with Crippen LogP contribution in [0.5, 0.6) is 5.75 Å². The number of ether oxygens (including phenoxy) is 1. The second kappa shape index (κ2) is 7.07. The molecular formula is C19H25N5O2. The minimum absolute atomic E-state index is 0.107. The summed E-state index contributed by atoms with van der Waals surface area (Å²) in [6.45, 7) is 6.17. The van der Waals surface area contributed by atoms with Gasteiger partial charge >= 0.3 is 0 Å². The molecular weight excluding hydrogens is 330 g/mol. The van der Waals surface area contributed by atoms with Gasteiger partial charge < -0.3 is 19.5 Å².